The quantitative estimate of drug-likeness (QED) is 0.249. The number of carbonyl (C=O) groups is 1. The van der Waals surface area contributed by atoms with Gasteiger partial charge in [-0.15, -0.1) is 11.3 Å². The van der Waals surface area contributed by atoms with Crippen LogP contribution in [0, 0.1) is 0 Å². The third-order valence-electron chi connectivity index (χ3n) is 5.25. The Balaban J connectivity index is 1.55. The van der Waals surface area contributed by atoms with Gasteiger partial charge in [-0.25, -0.2) is 5.43 Å². The van der Waals surface area contributed by atoms with Gasteiger partial charge in [-0.3, -0.25) is 4.79 Å². The number of hydrazone groups is 1. The van der Waals surface area contributed by atoms with Crippen LogP contribution in [-0.2, 0) is 12.7 Å². The molecule has 0 fully saturated rings. The minimum atomic E-state index is -4.39. The number of alkyl halides is 3. The van der Waals surface area contributed by atoms with Crippen molar-refractivity contribution >= 4 is 34.4 Å². The number of nitrogens with one attached hydrogen (secondary N) is 1. The van der Waals surface area contributed by atoms with Gasteiger partial charge < -0.3 is 4.57 Å². The second kappa shape index (κ2) is 9.23. The van der Waals surface area contributed by atoms with Crippen LogP contribution in [0.1, 0.15) is 51.7 Å². The molecular weight excluding hydrogens is 447 g/mol. The van der Waals surface area contributed by atoms with Crippen LogP contribution < -0.4 is 5.43 Å². The van der Waals surface area contributed by atoms with Gasteiger partial charge in [-0.05, 0) is 35.7 Å². The highest BCUT2D eigenvalue weighted by molar-refractivity contribution is 7.10. The van der Waals surface area contributed by atoms with E-state index in [0.717, 1.165) is 33.5 Å². The predicted molar refractivity (Wildman–Crippen MR) is 126 cm³/mol. The molecule has 0 aliphatic heterocycles. The Morgan fingerprint density at radius 3 is 2.67 bits per heavy atom. The third-order valence-corrected chi connectivity index (χ3v) is 6.48. The van der Waals surface area contributed by atoms with E-state index in [1.807, 2.05) is 41.1 Å². The Bertz CT molecular complexity index is 1320. The van der Waals surface area contributed by atoms with Gasteiger partial charge >= 0.3 is 6.18 Å². The molecule has 33 heavy (non-hydrogen) atoms. The lowest BCUT2D eigenvalue weighted by Gasteiger charge is -2.10. The number of thiophene rings is 1. The molecule has 2 aromatic heterocycles. The van der Waals surface area contributed by atoms with Crippen LogP contribution in [0.5, 0.6) is 0 Å². The first-order valence-corrected chi connectivity index (χ1v) is 11.3. The fraction of sp³-hybridized carbons (Fsp3) is 0.200. The lowest BCUT2D eigenvalue weighted by Crippen LogP contribution is -2.16. The largest absolute Gasteiger partial charge is 0.416 e. The number of aromatic nitrogens is 1. The number of halogens is 3. The zero-order valence-corrected chi connectivity index (χ0v) is 18.9. The molecule has 0 atom stereocenters. The minimum absolute atomic E-state index is 0.275. The first-order chi connectivity index (χ1) is 15.7. The lowest BCUT2D eigenvalue weighted by atomic mass is 10.1. The van der Waals surface area contributed by atoms with Crippen molar-refractivity contribution in [3.05, 3.63) is 93.3 Å². The van der Waals surface area contributed by atoms with Crippen molar-refractivity contribution in [1.82, 2.24) is 9.99 Å². The Morgan fingerprint density at radius 1 is 1.15 bits per heavy atom. The van der Waals surface area contributed by atoms with Gasteiger partial charge in [0.1, 0.15) is 0 Å². The summed E-state index contributed by atoms with van der Waals surface area (Å²) < 4.78 is 41.1. The molecule has 4 nitrogen and oxygen atoms in total. The standard InChI is InChI=1S/C25H22F3N3OS/c1-16(2)23-11-18(15-33-23)24(32)30-29-12-19-14-31(22-9-4-3-8-21(19)22)13-17-6-5-7-20(10-17)25(26,27)28/h3-12,14-16H,13H2,1-2H3,(H,30,32)/b29-12+. The number of carbonyl (C=O) groups excluding carboxylic acids is 1. The highest BCUT2D eigenvalue weighted by Crippen LogP contribution is 2.30. The summed E-state index contributed by atoms with van der Waals surface area (Å²) in [6.07, 6.45) is -1.01. The van der Waals surface area contributed by atoms with Gasteiger partial charge in [0.15, 0.2) is 0 Å². The van der Waals surface area contributed by atoms with E-state index in [0.29, 0.717) is 17.0 Å². The fourth-order valence-electron chi connectivity index (χ4n) is 3.55. The lowest BCUT2D eigenvalue weighted by molar-refractivity contribution is -0.137. The van der Waals surface area contributed by atoms with E-state index < -0.39 is 11.7 Å². The number of para-hydroxylation sites is 1. The van der Waals surface area contributed by atoms with Crippen molar-refractivity contribution < 1.29 is 18.0 Å². The van der Waals surface area contributed by atoms with E-state index >= 15 is 0 Å². The van der Waals surface area contributed by atoms with Crippen LogP contribution in [0.3, 0.4) is 0 Å². The number of fused-ring (bicyclic) bond motifs is 1. The predicted octanol–water partition coefficient (Wildman–Crippen LogP) is 6.66. The van der Waals surface area contributed by atoms with Crippen LogP contribution in [0.25, 0.3) is 10.9 Å². The van der Waals surface area contributed by atoms with Crippen LogP contribution in [0.4, 0.5) is 13.2 Å². The first kappa shape index (κ1) is 22.8. The van der Waals surface area contributed by atoms with Gasteiger partial charge in [0, 0.05) is 39.5 Å². The second-order valence-electron chi connectivity index (χ2n) is 8.02. The molecule has 4 rings (SSSR count). The summed E-state index contributed by atoms with van der Waals surface area (Å²) in [5.41, 5.74) is 4.60. The van der Waals surface area contributed by atoms with Crippen LogP contribution in [-0.4, -0.2) is 16.7 Å². The maximum absolute atomic E-state index is 13.1. The van der Waals surface area contributed by atoms with Crippen molar-refractivity contribution in [3.63, 3.8) is 0 Å². The molecule has 0 aliphatic carbocycles. The topological polar surface area (TPSA) is 46.4 Å². The smallest absolute Gasteiger partial charge is 0.342 e. The maximum Gasteiger partial charge on any atom is 0.416 e. The third kappa shape index (κ3) is 5.17. The van der Waals surface area contributed by atoms with Gasteiger partial charge in [0.05, 0.1) is 17.3 Å². The summed E-state index contributed by atoms with van der Waals surface area (Å²) in [7, 11) is 0. The Morgan fingerprint density at radius 2 is 1.94 bits per heavy atom. The van der Waals surface area contributed by atoms with E-state index in [9.17, 15) is 18.0 Å². The fourth-order valence-corrected chi connectivity index (χ4v) is 4.46. The normalized spacial score (nSPS) is 12.2. The number of nitrogens with zero attached hydrogens (tertiary/aromatic N) is 2. The van der Waals surface area contributed by atoms with E-state index in [-0.39, 0.29) is 12.5 Å². The highest BCUT2D eigenvalue weighted by Gasteiger charge is 2.30. The van der Waals surface area contributed by atoms with Gasteiger partial charge in [-0.1, -0.05) is 44.2 Å². The van der Waals surface area contributed by atoms with Crippen molar-refractivity contribution in [1.29, 1.82) is 0 Å². The number of amides is 1. The Hall–Kier alpha value is -3.39. The first-order valence-electron chi connectivity index (χ1n) is 10.4. The van der Waals surface area contributed by atoms with Gasteiger partial charge in [-0.2, -0.15) is 18.3 Å². The number of hydrogen-bond donors (Lipinski definition) is 1. The van der Waals surface area contributed by atoms with Crippen molar-refractivity contribution in [2.75, 3.05) is 0 Å². The zero-order valence-electron chi connectivity index (χ0n) is 18.1. The molecule has 1 amide bonds. The molecule has 2 aromatic carbocycles. The SMILES string of the molecule is CC(C)c1cc(C(=O)N/N=C/c2cn(Cc3cccc(C(F)(F)F)c3)c3ccccc23)cs1. The van der Waals surface area contributed by atoms with Crippen molar-refractivity contribution in [2.24, 2.45) is 5.10 Å². The van der Waals surface area contributed by atoms with Gasteiger partial charge in [0.2, 0.25) is 0 Å². The van der Waals surface area contributed by atoms with Crippen LogP contribution >= 0.6 is 11.3 Å². The van der Waals surface area contributed by atoms with E-state index in [2.05, 4.69) is 24.4 Å². The van der Waals surface area contributed by atoms with E-state index in [1.165, 1.54) is 17.4 Å². The maximum atomic E-state index is 13.1. The molecule has 2 heterocycles. The molecule has 0 saturated carbocycles. The summed E-state index contributed by atoms with van der Waals surface area (Å²) >= 11 is 1.54. The molecule has 170 valence electrons. The average molecular weight is 470 g/mol. The van der Waals surface area contributed by atoms with Crippen LogP contribution in [0.2, 0.25) is 0 Å². The molecule has 8 heteroatoms. The molecule has 0 unspecified atom stereocenters. The van der Waals surface area contributed by atoms with Crippen molar-refractivity contribution in [3.8, 4) is 0 Å². The van der Waals surface area contributed by atoms with Crippen LogP contribution in [0.15, 0.2) is 71.3 Å². The molecule has 0 bridgehead atoms. The van der Waals surface area contributed by atoms with Crippen molar-refractivity contribution in [2.45, 2.75) is 32.5 Å². The molecule has 0 radical (unpaired) electrons. The molecule has 0 spiro atoms. The summed E-state index contributed by atoms with van der Waals surface area (Å²) in [4.78, 5) is 13.5. The zero-order chi connectivity index (χ0) is 23.6. The van der Waals surface area contributed by atoms with Gasteiger partial charge in [0.25, 0.3) is 5.91 Å². The van der Waals surface area contributed by atoms with E-state index in [1.54, 1.807) is 17.7 Å². The molecule has 0 saturated heterocycles. The number of rotatable bonds is 6. The summed E-state index contributed by atoms with van der Waals surface area (Å²) in [5, 5.41) is 6.80. The number of hydrogen-bond acceptors (Lipinski definition) is 3. The summed E-state index contributed by atoms with van der Waals surface area (Å²) in [6, 6.07) is 14.7. The minimum Gasteiger partial charge on any atom is -0.342 e. The average Bonchev–Trinajstić information content (AvgIpc) is 3.40. The Labute approximate surface area is 193 Å². The molecule has 1 N–H and O–H groups in total. The Kier molecular flexibility index (Phi) is 6.37. The molecule has 0 aliphatic rings. The number of benzene rings is 2. The van der Waals surface area contributed by atoms with E-state index in [4.69, 9.17) is 0 Å². The highest BCUT2D eigenvalue weighted by atomic mass is 32.1. The summed E-state index contributed by atoms with van der Waals surface area (Å²) in [5.74, 6) is 0.0603. The second-order valence-corrected chi connectivity index (χ2v) is 8.96. The molecular formula is C25H22F3N3OS. The molecule has 4 aromatic rings. The summed E-state index contributed by atoms with van der Waals surface area (Å²) in [6.45, 7) is 4.42. The monoisotopic (exact) mass is 469 g/mol.